The number of benzene rings is 2. The summed E-state index contributed by atoms with van der Waals surface area (Å²) in [4.78, 5) is 26.0. The van der Waals surface area contributed by atoms with E-state index >= 15 is 0 Å². The van der Waals surface area contributed by atoms with Gasteiger partial charge in [0.1, 0.15) is 6.61 Å². The maximum absolute atomic E-state index is 11.9. The highest BCUT2D eigenvalue weighted by Crippen LogP contribution is 2.05. The number of aryl methyl sites for hydroxylation is 2. The molecule has 0 unspecified atom stereocenters. The van der Waals surface area contributed by atoms with E-state index in [2.05, 4.69) is 10.1 Å². The summed E-state index contributed by atoms with van der Waals surface area (Å²) < 4.78 is 6.71. The third kappa shape index (κ3) is 4.67. The number of aromatic amines is 1. The molecule has 0 bridgehead atoms. The van der Waals surface area contributed by atoms with Crippen LogP contribution in [0.1, 0.15) is 17.5 Å². The molecular formula is C19H19N3O3. The van der Waals surface area contributed by atoms with Crippen LogP contribution in [0.5, 0.6) is 5.88 Å². The number of nitrogens with one attached hydrogen (secondary N) is 1. The van der Waals surface area contributed by atoms with Crippen molar-refractivity contribution in [1.82, 2.24) is 14.8 Å². The fourth-order valence-corrected chi connectivity index (χ4v) is 2.47. The van der Waals surface area contributed by atoms with Gasteiger partial charge in [-0.2, -0.15) is 0 Å². The van der Waals surface area contributed by atoms with Gasteiger partial charge in [-0.1, -0.05) is 60.7 Å². The standard InChI is InChI=1S/C19H19N3O3/c23-17-18(25-14-16-10-5-2-6-11-16)21-22(19(24)20-17)13-7-12-15-8-3-1-4-9-15/h1-6,8-11H,7,12-14H2,(H,20,23,24). The van der Waals surface area contributed by atoms with Crippen molar-refractivity contribution < 1.29 is 4.74 Å². The first-order chi connectivity index (χ1) is 12.2. The molecule has 3 rings (SSSR count). The largest absolute Gasteiger partial charge is 0.468 e. The Morgan fingerprint density at radius 1 is 0.920 bits per heavy atom. The first-order valence-corrected chi connectivity index (χ1v) is 8.14. The van der Waals surface area contributed by atoms with Crippen LogP contribution in [0.2, 0.25) is 0 Å². The lowest BCUT2D eigenvalue weighted by Crippen LogP contribution is -2.33. The van der Waals surface area contributed by atoms with E-state index in [-0.39, 0.29) is 12.5 Å². The van der Waals surface area contributed by atoms with Crippen molar-refractivity contribution in [2.75, 3.05) is 0 Å². The minimum Gasteiger partial charge on any atom is -0.468 e. The molecule has 0 atom stereocenters. The highest BCUT2D eigenvalue weighted by atomic mass is 16.5. The third-order valence-corrected chi connectivity index (χ3v) is 3.76. The molecule has 0 saturated heterocycles. The van der Waals surface area contributed by atoms with Gasteiger partial charge >= 0.3 is 11.2 Å². The molecule has 1 N–H and O–H groups in total. The molecule has 6 nitrogen and oxygen atoms in total. The molecule has 0 aliphatic rings. The van der Waals surface area contributed by atoms with Crippen LogP contribution in [-0.4, -0.2) is 14.8 Å². The zero-order chi connectivity index (χ0) is 17.5. The maximum Gasteiger partial charge on any atom is 0.344 e. The average molecular weight is 337 g/mol. The lowest BCUT2D eigenvalue weighted by Gasteiger charge is -2.08. The zero-order valence-corrected chi connectivity index (χ0v) is 13.7. The predicted octanol–water partition coefficient (Wildman–Crippen LogP) is 2.14. The van der Waals surface area contributed by atoms with Gasteiger partial charge in [0.05, 0.1) is 0 Å². The quantitative estimate of drug-likeness (QED) is 0.716. The number of hydrogen-bond acceptors (Lipinski definition) is 4. The maximum atomic E-state index is 11.9. The van der Waals surface area contributed by atoms with Gasteiger partial charge in [0, 0.05) is 6.54 Å². The molecule has 128 valence electrons. The van der Waals surface area contributed by atoms with Gasteiger partial charge in [-0.3, -0.25) is 9.78 Å². The van der Waals surface area contributed by atoms with Crippen LogP contribution in [0.4, 0.5) is 0 Å². The summed E-state index contributed by atoms with van der Waals surface area (Å²) in [6.07, 6.45) is 1.56. The Morgan fingerprint density at radius 2 is 1.56 bits per heavy atom. The number of rotatable bonds is 7. The number of hydrogen-bond donors (Lipinski definition) is 1. The molecule has 1 aromatic heterocycles. The van der Waals surface area contributed by atoms with Crippen LogP contribution in [0.15, 0.2) is 70.3 Å². The van der Waals surface area contributed by atoms with Crippen molar-refractivity contribution in [3.63, 3.8) is 0 Å². The number of aromatic nitrogens is 3. The van der Waals surface area contributed by atoms with E-state index in [1.165, 1.54) is 10.2 Å². The normalized spacial score (nSPS) is 10.6. The summed E-state index contributed by atoms with van der Waals surface area (Å²) in [5.74, 6) is -0.0943. The van der Waals surface area contributed by atoms with Crippen molar-refractivity contribution in [2.45, 2.75) is 26.0 Å². The molecule has 0 fully saturated rings. The Labute approximate surface area is 144 Å². The Bertz CT molecular complexity index is 918. The molecule has 1 heterocycles. The van der Waals surface area contributed by atoms with E-state index in [4.69, 9.17) is 4.74 Å². The van der Waals surface area contributed by atoms with Gasteiger partial charge in [-0.05, 0) is 24.0 Å². The molecule has 0 aliphatic carbocycles. The monoisotopic (exact) mass is 337 g/mol. The molecule has 0 saturated carbocycles. The highest BCUT2D eigenvalue weighted by Gasteiger charge is 2.08. The minimum atomic E-state index is -0.611. The molecular weight excluding hydrogens is 318 g/mol. The van der Waals surface area contributed by atoms with Crippen LogP contribution in [0.3, 0.4) is 0 Å². The van der Waals surface area contributed by atoms with E-state index in [1.54, 1.807) is 0 Å². The van der Waals surface area contributed by atoms with E-state index in [9.17, 15) is 9.59 Å². The summed E-state index contributed by atoms with van der Waals surface area (Å²) in [6, 6.07) is 19.5. The fourth-order valence-electron chi connectivity index (χ4n) is 2.47. The van der Waals surface area contributed by atoms with Crippen LogP contribution in [-0.2, 0) is 19.6 Å². The fraction of sp³-hybridized carbons (Fsp3) is 0.211. The Balaban J connectivity index is 1.65. The van der Waals surface area contributed by atoms with Gasteiger partial charge in [0.25, 0.3) is 5.88 Å². The summed E-state index contributed by atoms with van der Waals surface area (Å²) in [5.41, 5.74) is 0.983. The molecule has 6 heteroatoms. The van der Waals surface area contributed by atoms with Crippen LogP contribution in [0.25, 0.3) is 0 Å². The molecule has 0 radical (unpaired) electrons. The molecule has 0 aliphatic heterocycles. The zero-order valence-electron chi connectivity index (χ0n) is 13.7. The second-order valence-electron chi connectivity index (χ2n) is 5.65. The van der Waals surface area contributed by atoms with E-state index in [1.807, 2.05) is 60.7 Å². The van der Waals surface area contributed by atoms with Gasteiger partial charge < -0.3 is 4.74 Å². The van der Waals surface area contributed by atoms with Crippen LogP contribution >= 0.6 is 0 Å². The van der Waals surface area contributed by atoms with Gasteiger partial charge in [0.2, 0.25) is 0 Å². The topological polar surface area (TPSA) is 77.0 Å². The minimum absolute atomic E-state index is 0.0943. The smallest absolute Gasteiger partial charge is 0.344 e. The molecule has 2 aromatic carbocycles. The lowest BCUT2D eigenvalue weighted by molar-refractivity contribution is 0.275. The first-order valence-electron chi connectivity index (χ1n) is 8.14. The van der Waals surface area contributed by atoms with Crippen molar-refractivity contribution in [3.8, 4) is 5.88 Å². The Morgan fingerprint density at radius 3 is 2.24 bits per heavy atom. The summed E-state index contributed by atoms with van der Waals surface area (Å²) in [6.45, 7) is 0.630. The number of H-pyrrole nitrogens is 1. The van der Waals surface area contributed by atoms with E-state index < -0.39 is 11.2 Å². The van der Waals surface area contributed by atoms with Crippen molar-refractivity contribution in [1.29, 1.82) is 0 Å². The predicted molar refractivity (Wildman–Crippen MR) is 94.7 cm³/mol. The lowest BCUT2D eigenvalue weighted by atomic mass is 10.1. The highest BCUT2D eigenvalue weighted by molar-refractivity contribution is 5.15. The van der Waals surface area contributed by atoms with Gasteiger partial charge in [0.15, 0.2) is 0 Å². The summed E-state index contributed by atoms with van der Waals surface area (Å²) in [5, 5.41) is 4.06. The molecule has 0 amide bonds. The Kier molecular flexibility index (Phi) is 5.41. The summed E-state index contributed by atoms with van der Waals surface area (Å²) >= 11 is 0. The second-order valence-corrected chi connectivity index (χ2v) is 5.65. The second kappa shape index (κ2) is 8.10. The van der Waals surface area contributed by atoms with E-state index in [0.29, 0.717) is 6.54 Å². The van der Waals surface area contributed by atoms with Crippen LogP contribution in [0, 0.1) is 0 Å². The van der Waals surface area contributed by atoms with Crippen molar-refractivity contribution in [3.05, 3.63) is 92.6 Å². The number of nitrogens with zero attached hydrogens (tertiary/aromatic N) is 2. The third-order valence-electron chi connectivity index (χ3n) is 3.76. The molecule has 0 spiro atoms. The van der Waals surface area contributed by atoms with Crippen molar-refractivity contribution >= 4 is 0 Å². The average Bonchev–Trinajstić information content (AvgIpc) is 2.64. The number of ether oxygens (including phenoxy) is 1. The van der Waals surface area contributed by atoms with Gasteiger partial charge in [-0.15, -0.1) is 5.10 Å². The van der Waals surface area contributed by atoms with E-state index in [0.717, 1.165) is 18.4 Å². The SMILES string of the molecule is O=c1[nH]c(=O)n(CCCc2ccccc2)nc1OCc1ccccc1. The Hall–Kier alpha value is -3.15. The van der Waals surface area contributed by atoms with Gasteiger partial charge in [-0.25, -0.2) is 9.48 Å². The first kappa shape index (κ1) is 16.7. The molecule has 3 aromatic rings. The van der Waals surface area contributed by atoms with Crippen molar-refractivity contribution in [2.24, 2.45) is 0 Å². The van der Waals surface area contributed by atoms with Crippen LogP contribution < -0.4 is 16.0 Å². The molecule has 25 heavy (non-hydrogen) atoms. The summed E-state index contributed by atoms with van der Waals surface area (Å²) in [7, 11) is 0.